The minimum absolute atomic E-state index is 0.0228. The maximum Gasteiger partial charge on any atom is 0.413 e. The van der Waals surface area contributed by atoms with Gasteiger partial charge in [-0.15, -0.1) is 0 Å². The predicted octanol–water partition coefficient (Wildman–Crippen LogP) is 7.10. The maximum absolute atomic E-state index is 15.1. The van der Waals surface area contributed by atoms with Crippen molar-refractivity contribution in [2.75, 3.05) is 5.32 Å². The van der Waals surface area contributed by atoms with Gasteiger partial charge in [0.15, 0.2) is 11.6 Å². The number of carbonyl (C=O) groups is 2. The Kier molecular flexibility index (Phi) is 6.62. The molecule has 4 aromatic rings. The fraction of sp³-hybridized carbons (Fsp3) is 0.179. The van der Waals surface area contributed by atoms with E-state index in [0.29, 0.717) is 40.1 Å². The number of carboxylic acids is 1. The number of nitrogens with zero attached hydrogens (tertiary/aromatic N) is 1. The lowest BCUT2D eigenvalue weighted by atomic mass is 9.87. The smallest absolute Gasteiger partial charge is 0.413 e. The monoisotopic (exact) mass is 537 g/mol. The molecule has 1 aromatic heterocycles. The van der Waals surface area contributed by atoms with E-state index in [1.807, 2.05) is 0 Å². The standard InChI is InChI=1S/C28H22ClF2N3O4/c1-15(18-5-2-3-7-20(18)29)38-27(37)32-25-23(31)24(33-34-25)17-11-9-16(10-12-17)19-6-4-8-21(30)22(19)28(13-14-28)26(35)36/h2-12,15H,13-14H2,1H3,(H,35,36)(H2,32,33,34,37)/t15-/m1/s1. The van der Waals surface area contributed by atoms with Crippen LogP contribution in [0.4, 0.5) is 19.4 Å². The Balaban J connectivity index is 1.34. The highest BCUT2D eigenvalue weighted by atomic mass is 35.5. The van der Waals surface area contributed by atoms with Crippen molar-refractivity contribution in [2.45, 2.75) is 31.3 Å². The first-order valence-electron chi connectivity index (χ1n) is 11.8. The first-order chi connectivity index (χ1) is 18.2. The van der Waals surface area contributed by atoms with Gasteiger partial charge in [-0.3, -0.25) is 15.2 Å². The Morgan fingerprint density at radius 3 is 2.39 bits per heavy atom. The number of benzene rings is 3. The van der Waals surface area contributed by atoms with Gasteiger partial charge in [-0.1, -0.05) is 66.2 Å². The number of aromatic amines is 1. The van der Waals surface area contributed by atoms with Crippen molar-refractivity contribution in [3.05, 3.63) is 94.5 Å². The van der Waals surface area contributed by atoms with E-state index < -0.39 is 35.2 Å². The molecule has 1 amide bonds. The lowest BCUT2D eigenvalue weighted by molar-refractivity contribution is -0.140. The Labute approximate surface area is 221 Å². The van der Waals surface area contributed by atoms with Gasteiger partial charge < -0.3 is 9.84 Å². The largest absolute Gasteiger partial charge is 0.481 e. The van der Waals surface area contributed by atoms with E-state index in [1.54, 1.807) is 61.5 Å². The Bertz CT molecular complexity index is 1530. The third-order valence-corrected chi connectivity index (χ3v) is 7.03. The Morgan fingerprint density at radius 2 is 1.74 bits per heavy atom. The highest BCUT2D eigenvalue weighted by Crippen LogP contribution is 2.52. The molecule has 7 nitrogen and oxygen atoms in total. The van der Waals surface area contributed by atoms with Gasteiger partial charge in [-0.25, -0.2) is 13.6 Å². The summed E-state index contributed by atoms with van der Waals surface area (Å²) in [6.07, 6.45) is -0.858. The molecule has 1 heterocycles. The fourth-order valence-electron chi connectivity index (χ4n) is 4.52. The summed E-state index contributed by atoms with van der Waals surface area (Å²) in [6, 6.07) is 17.9. The Morgan fingerprint density at radius 1 is 1.05 bits per heavy atom. The van der Waals surface area contributed by atoms with Crippen LogP contribution >= 0.6 is 11.6 Å². The van der Waals surface area contributed by atoms with Crippen LogP contribution < -0.4 is 5.32 Å². The number of hydrogen-bond acceptors (Lipinski definition) is 4. The average molecular weight is 538 g/mol. The highest BCUT2D eigenvalue weighted by molar-refractivity contribution is 6.31. The number of ether oxygens (including phenoxy) is 1. The highest BCUT2D eigenvalue weighted by Gasteiger charge is 2.54. The third kappa shape index (κ3) is 4.61. The SMILES string of the molecule is C[C@@H](OC(=O)Nc1n[nH]c(-c2ccc(-c3cccc(F)c3C3(C(=O)O)CC3)cc2)c1F)c1ccccc1Cl. The van der Waals surface area contributed by atoms with Crippen molar-refractivity contribution in [1.29, 1.82) is 0 Å². The maximum atomic E-state index is 15.1. The summed E-state index contributed by atoms with van der Waals surface area (Å²) in [4.78, 5) is 24.2. The number of aliphatic carboxylic acids is 1. The molecule has 1 atom stereocenters. The van der Waals surface area contributed by atoms with Crippen molar-refractivity contribution >= 4 is 29.5 Å². The van der Waals surface area contributed by atoms with Crippen LogP contribution in [0.5, 0.6) is 0 Å². The second-order valence-electron chi connectivity index (χ2n) is 9.08. The summed E-state index contributed by atoms with van der Waals surface area (Å²) >= 11 is 6.13. The molecule has 10 heteroatoms. The second-order valence-corrected chi connectivity index (χ2v) is 9.49. The van der Waals surface area contributed by atoms with E-state index in [1.165, 1.54) is 12.1 Å². The van der Waals surface area contributed by atoms with Crippen LogP contribution in [0, 0.1) is 11.6 Å². The lowest BCUT2D eigenvalue weighted by Gasteiger charge is -2.17. The van der Waals surface area contributed by atoms with Crippen LogP contribution in [0.1, 0.15) is 37.0 Å². The van der Waals surface area contributed by atoms with E-state index in [9.17, 15) is 19.1 Å². The molecule has 0 unspecified atom stereocenters. The van der Waals surface area contributed by atoms with Crippen molar-refractivity contribution in [2.24, 2.45) is 0 Å². The molecular weight excluding hydrogens is 516 g/mol. The molecule has 0 spiro atoms. The lowest BCUT2D eigenvalue weighted by Crippen LogP contribution is -2.22. The molecule has 1 fully saturated rings. The van der Waals surface area contributed by atoms with Crippen LogP contribution in [0.15, 0.2) is 66.7 Å². The number of aromatic nitrogens is 2. The molecule has 194 valence electrons. The number of halogens is 3. The second kappa shape index (κ2) is 9.90. The fourth-order valence-corrected chi connectivity index (χ4v) is 4.81. The molecule has 38 heavy (non-hydrogen) atoms. The molecule has 3 N–H and O–H groups in total. The van der Waals surface area contributed by atoms with E-state index in [2.05, 4.69) is 15.5 Å². The zero-order valence-corrected chi connectivity index (χ0v) is 20.9. The number of carboxylic acid groups (broad SMARTS) is 1. The summed E-state index contributed by atoms with van der Waals surface area (Å²) < 4.78 is 35.1. The molecule has 1 aliphatic carbocycles. The number of amides is 1. The molecule has 0 bridgehead atoms. The van der Waals surface area contributed by atoms with Gasteiger partial charge in [0, 0.05) is 21.7 Å². The molecule has 0 saturated heterocycles. The predicted molar refractivity (Wildman–Crippen MR) is 138 cm³/mol. The summed E-state index contributed by atoms with van der Waals surface area (Å²) in [5, 5.41) is 18.8. The molecule has 1 aliphatic rings. The van der Waals surface area contributed by atoms with Gasteiger partial charge >= 0.3 is 12.1 Å². The number of nitrogens with one attached hydrogen (secondary N) is 2. The minimum Gasteiger partial charge on any atom is -0.481 e. The van der Waals surface area contributed by atoms with Gasteiger partial charge in [0.2, 0.25) is 0 Å². The van der Waals surface area contributed by atoms with Crippen LogP contribution in [-0.2, 0) is 14.9 Å². The van der Waals surface area contributed by atoms with Crippen LogP contribution in [0.2, 0.25) is 5.02 Å². The number of carbonyl (C=O) groups excluding carboxylic acids is 1. The van der Waals surface area contributed by atoms with Gasteiger partial charge in [0.25, 0.3) is 0 Å². The first-order valence-corrected chi connectivity index (χ1v) is 12.2. The third-order valence-electron chi connectivity index (χ3n) is 6.69. The Hall–Kier alpha value is -4.24. The number of H-pyrrole nitrogens is 1. The minimum atomic E-state index is -1.23. The first kappa shape index (κ1) is 25.4. The van der Waals surface area contributed by atoms with E-state index in [0.717, 1.165) is 0 Å². The van der Waals surface area contributed by atoms with Crippen molar-refractivity contribution in [3.8, 4) is 22.4 Å². The van der Waals surface area contributed by atoms with Crippen molar-refractivity contribution < 1.29 is 28.2 Å². The molecule has 5 rings (SSSR count). The zero-order chi connectivity index (χ0) is 27.0. The summed E-state index contributed by atoms with van der Waals surface area (Å²) in [6.45, 7) is 1.64. The zero-order valence-electron chi connectivity index (χ0n) is 20.1. The van der Waals surface area contributed by atoms with Gasteiger partial charge in [0.1, 0.15) is 17.6 Å². The summed E-state index contributed by atoms with van der Waals surface area (Å²) in [7, 11) is 0. The number of anilines is 1. The molecule has 0 radical (unpaired) electrons. The topological polar surface area (TPSA) is 104 Å². The summed E-state index contributed by atoms with van der Waals surface area (Å²) in [5.74, 6) is -2.77. The van der Waals surface area contributed by atoms with Crippen molar-refractivity contribution in [3.63, 3.8) is 0 Å². The van der Waals surface area contributed by atoms with E-state index in [-0.39, 0.29) is 17.1 Å². The van der Waals surface area contributed by atoms with Gasteiger partial charge in [-0.2, -0.15) is 5.10 Å². The molecule has 3 aromatic carbocycles. The van der Waals surface area contributed by atoms with E-state index >= 15 is 4.39 Å². The number of hydrogen-bond donors (Lipinski definition) is 3. The summed E-state index contributed by atoms with van der Waals surface area (Å²) in [5.41, 5.74) is 1.03. The quantitative estimate of drug-likeness (QED) is 0.233. The van der Waals surface area contributed by atoms with Crippen LogP contribution in [-0.4, -0.2) is 27.4 Å². The van der Waals surface area contributed by atoms with Crippen LogP contribution in [0.3, 0.4) is 0 Å². The normalized spacial score (nSPS) is 14.5. The van der Waals surface area contributed by atoms with Gasteiger partial charge in [0.05, 0.1) is 5.41 Å². The van der Waals surface area contributed by atoms with Gasteiger partial charge in [-0.05, 0) is 43.0 Å². The van der Waals surface area contributed by atoms with Crippen LogP contribution in [0.25, 0.3) is 22.4 Å². The number of rotatable bonds is 7. The molecule has 0 aliphatic heterocycles. The molecular formula is C28H22ClF2N3O4. The van der Waals surface area contributed by atoms with Crippen molar-refractivity contribution in [1.82, 2.24) is 10.2 Å². The van der Waals surface area contributed by atoms with E-state index in [4.69, 9.17) is 16.3 Å². The molecule has 1 saturated carbocycles. The average Bonchev–Trinajstić information content (AvgIpc) is 3.63.